The monoisotopic (exact) mass is 446 g/mol. The van der Waals surface area contributed by atoms with E-state index in [2.05, 4.69) is 4.99 Å². The molecule has 2 aromatic carbocycles. The van der Waals surface area contributed by atoms with E-state index in [9.17, 15) is 27.1 Å². The first kappa shape index (κ1) is 24.4. The van der Waals surface area contributed by atoms with Gasteiger partial charge in [-0.1, -0.05) is 0 Å². The molecule has 31 heavy (non-hydrogen) atoms. The molecule has 0 aliphatic rings. The smallest absolute Gasteiger partial charge is 0.425 e. The Morgan fingerprint density at radius 3 is 2.23 bits per heavy atom. The Bertz CT molecular complexity index is 929. The summed E-state index contributed by atoms with van der Waals surface area (Å²) in [5, 5.41) is 10.6. The molecule has 0 bridgehead atoms. The zero-order chi connectivity index (χ0) is 23.4. The lowest BCUT2D eigenvalue weighted by Crippen LogP contribution is -2.47. The number of alkyl halides is 3. The van der Waals surface area contributed by atoms with Gasteiger partial charge in [0.05, 0.1) is 19.1 Å². The van der Waals surface area contributed by atoms with Crippen molar-refractivity contribution < 1.29 is 36.5 Å². The van der Waals surface area contributed by atoms with Gasteiger partial charge in [-0.2, -0.15) is 13.2 Å². The number of aryl methyl sites for hydroxylation is 1. The molecule has 10 heteroatoms. The summed E-state index contributed by atoms with van der Waals surface area (Å²) in [5.74, 6) is -2.83. The van der Waals surface area contributed by atoms with Crippen molar-refractivity contribution in [1.29, 1.82) is 0 Å². The van der Waals surface area contributed by atoms with Gasteiger partial charge in [-0.3, -0.25) is 0 Å². The van der Waals surface area contributed by atoms with Crippen molar-refractivity contribution in [2.24, 2.45) is 4.99 Å². The standard InChI is InChI=1S/C21H23F5N2O3/c1-5-28(3)12-27-18-10-19(30-4)17(6-13(18)2)20(29,21(24,25)26)11-31-16-8-14(22)7-15(23)9-16/h6-10,12,29H,5,11H2,1-4H3/b27-12-. The minimum atomic E-state index is -5.19. The Hall–Kier alpha value is -2.88. The fourth-order valence-corrected chi connectivity index (χ4v) is 2.66. The van der Waals surface area contributed by atoms with Crippen LogP contribution in [0.25, 0.3) is 0 Å². The number of ether oxygens (including phenoxy) is 2. The van der Waals surface area contributed by atoms with Crippen LogP contribution in [0, 0.1) is 18.6 Å². The second kappa shape index (κ2) is 9.51. The van der Waals surface area contributed by atoms with Crippen molar-refractivity contribution in [3.63, 3.8) is 0 Å². The van der Waals surface area contributed by atoms with Crippen LogP contribution in [0.1, 0.15) is 18.1 Å². The van der Waals surface area contributed by atoms with E-state index in [1.807, 2.05) is 6.92 Å². The van der Waals surface area contributed by atoms with E-state index in [1.54, 1.807) is 11.9 Å². The Kier molecular flexibility index (Phi) is 7.48. The van der Waals surface area contributed by atoms with Gasteiger partial charge < -0.3 is 19.5 Å². The van der Waals surface area contributed by atoms with Gasteiger partial charge in [0.25, 0.3) is 0 Å². The maximum absolute atomic E-state index is 13.9. The van der Waals surface area contributed by atoms with Crippen molar-refractivity contribution in [1.82, 2.24) is 4.90 Å². The van der Waals surface area contributed by atoms with Crippen LogP contribution in [-0.4, -0.2) is 49.8 Å². The SMILES string of the molecule is CCN(C)/C=N\c1cc(OC)c(C(O)(COc2cc(F)cc(F)c2)C(F)(F)F)cc1C. The molecule has 0 aliphatic carbocycles. The van der Waals surface area contributed by atoms with Gasteiger partial charge in [0.1, 0.15) is 29.7 Å². The molecule has 0 spiro atoms. The fourth-order valence-electron chi connectivity index (χ4n) is 2.66. The predicted molar refractivity (Wildman–Crippen MR) is 106 cm³/mol. The zero-order valence-corrected chi connectivity index (χ0v) is 17.4. The zero-order valence-electron chi connectivity index (χ0n) is 17.4. The van der Waals surface area contributed by atoms with Gasteiger partial charge >= 0.3 is 6.18 Å². The summed E-state index contributed by atoms with van der Waals surface area (Å²) in [7, 11) is 2.93. The van der Waals surface area contributed by atoms with Crippen LogP contribution in [0.3, 0.4) is 0 Å². The summed E-state index contributed by atoms with van der Waals surface area (Å²) in [6.07, 6.45) is -3.68. The molecule has 2 aromatic rings. The van der Waals surface area contributed by atoms with Crippen molar-refractivity contribution >= 4 is 12.0 Å². The van der Waals surface area contributed by atoms with Crippen LogP contribution in [0.4, 0.5) is 27.6 Å². The molecule has 170 valence electrons. The number of halogens is 5. The second-order valence-electron chi connectivity index (χ2n) is 6.91. The van der Waals surface area contributed by atoms with E-state index in [4.69, 9.17) is 9.47 Å². The molecule has 5 nitrogen and oxygen atoms in total. The molecule has 0 saturated heterocycles. The van der Waals surface area contributed by atoms with Crippen molar-refractivity contribution in [3.05, 3.63) is 53.1 Å². The molecule has 1 N–H and O–H groups in total. The van der Waals surface area contributed by atoms with E-state index in [1.165, 1.54) is 19.3 Å². The van der Waals surface area contributed by atoms with Crippen molar-refractivity contribution in [2.75, 3.05) is 27.3 Å². The minimum absolute atomic E-state index is 0.272. The average Bonchev–Trinajstić information content (AvgIpc) is 2.69. The Balaban J connectivity index is 2.49. The summed E-state index contributed by atoms with van der Waals surface area (Å²) in [6, 6.07) is 4.34. The molecule has 1 atom stereocenters. The third-order valence-electron chi connectivity index (χ3n) is 4.61. The summed E-state index contributed by atoms with van der Waals surface area (Å²) >= 11 is 0. The minimum Gasteiger partial charge on any atom is -0.496 e. The Morgan fingerprint density at radius 1 is 1.10 bits per heavy atom. The van der Waals surface area contributed by atoms with Gasteiger partial charge in [-0.05, 0) is 25.5 Å². The molecule has 2 rings (SSSR count). The molecule has 0 fully saturated rings. The maximum Gasteiger partial charge on any atom is 0.425 e. The Morgan fingerprint density at radius 2 is 1.71 bits per heavy atom. The third kappa shape index (κ3) is 5.63. The van der Waals surface area contributed by atoms with Crippen LogP contribution >= 0.6 is 0 Å². The van der Waals surface area contributed by atoms with E-state index in [-0.39, 0.29) is 5.75 Å². The molecule has 0 amide bonds. The molecule has 0 saturated carbocycles. The largest absolute Gasteiger partial charge is 0.496 e. The van der Waals surface area contributed by atoms with Gasteiger partial charge in [0.15, 0.2) is 0 Å². The summed E-state index contributed by atoms with van der Waals surface area (Å²) in [5.41, 5.74) is -3.44. The quantitative estimate of drug-likeness (QED) is 0.362. The number of hydrogen-bond donors (Lipinski definition) is 1. The number of nitrogens with zero attached hydrogens (tertiary/aromatic N) is 2. The molecular weight excluding hydrogens is 423 g/mol. The maximum atomic E-state index is 13.9. The molecule has 0 aliphatic heterocycles. The van der Waals surface area contributed by atoms with Crippen molar-refractivity contribution in [3.8, 4) is 11.5 Å². The first-order chi connectivity index (χ1) is 14.4. The number of benzene rings is 2. The van der Waals surface area contributed by atoms with Gasteiger partial charge in [0, 0.05) is 43.4 Å². The summed E-state index contributed by atoms with van der Waals surface area (Å²) < 4.78 is 78.5. The Labute approximate surface area is 176 Å². The van der Waals surface area contributed by atoms with E-state index < -0.39 is 41.3 Å². The van der Waals surface area contributed by atoms with E-state index in [0.29, 0.717) is 36.0 Å². The lowest BCUT2D eigenvalue weighted by Gasteiger charge is -2.32. The average molecular weight is 446 g/mol. The summed E-state index contributed by atoms with van der Waals surface area (Å²) in [6.45, 7) is 2.75. The van der Waals surface area contributed by atoms with Crippen LogP contribution in [0.5, 0.6) is 11.5 Å². The predicted octanol–water partition coefficient (Wildman–Crippen LogP) is 4.72. The fraction of sp³-hybridized carbons (Fsp3) is 0.381. The van der Waals surface area contributed by atoms with Crippen LogP contribution < -0.4 is 9.47 Å². The normalized spacial score (nSPS) is 13.9. The molecule has 0 heterocycles. The van der Waals surface area contributed by atoms with Crippen LogP contribution in [-0.2, 0) is 5.60 Å². The molecular formula is C21H23F5N2O3. The van der Waals surface area contributed by atoms with Gasteiger partial charge in [0.2, 0.25) is 5.60 Å². The van der Waals surface area contributed by atoms with Crippen LogP contribution in [0.15, 0.2) is 35.3 Å². The summed E-state index contributed by atoms with van der Waals surface area (Å²) in [4.78, 5) is 5.99. The number of methoxy groups -OCH3 is 1. The van der Waals surface area contributed by atoms with E-state index >= 15 is 0 Å². The first-order valence-corrected chi connectivity index (χ1v) is 9.22. The highest BCUT2D eigenvalue weighted by molar-refractivity contribution is 5.65. The second-order valence-corrected chi connectivity index (χ2v) is 6.91. The lowest BCUT2D eigenvalue weighted by atomic mass is 9.91. The number of hydrogen-bond acceptors (Lipinski definition) is 4. The third-order valence-corrected chi connectivity index (χ3v) is 4.61. The molecule has 0 aromatic heterocycles. The number of aliphatic hydroxyl groups is 1. The van der Waals surface area contributed by atoms with Gasteiger partial charge in [-0.25, -0.2) is 13.8 Å². The number of rotatable bonds is 8. The highest BCUT2D eigenvalue weighted by atomic mass is 19.4. The van der Waals surface area contributed by atoms with Gasteiger partial charge in [-0.15, -0.1) is 0 Å². The molecule has 0 radical (unpaired) electrons. The molecule has 1 unspecified atom stereocenters. The first-order valence-electron chi connectivity index (χ1n) is 9.22. The highest BCUT2D eigenvalue weighted by Crippen LogP contribution is 2.45. The highest BCUT2D eigenvalue weighted by Gasteiger charge is 2.57. The van der Waals surface area contributed by atoms with Crippen LogP contribution in [0.2, 0.25) is 0 Å². The van der Waals surface area contributed by atoms with Crippen molar-refractivity contribution in [2.45, 2.75) is 25.6 Å². The number of aliphatic imine (C=N–C) groups is 1. The lowest BCUT2D eigenvalue weighted by molar-refractivity contribution is -0.275. The van der Waals surface area contributed by atoms with E-state index in [0.717, 1.165) is 13.2 Å². The topological polar surface area (TPSA) is 54.3 Å².